The number of carbonyl (C=O) groups excluding carboxylic acids is 2. The topological polar surface area (TPSA) is 43.4 Å². The third kappa shape index (κ3) is 1.87. The van der Waals surface area contributed by atoms with Crippen LogP contribution >= 0.6 is 10.9 Å². The third-order valence-electron chi connectivity index (χ3n) is 2.12. The van der Waals surface area contributed by atoms with Gasteiger partial charge in [-0.05, 0) is 6.92 Å². The molecule has 1 heterocycles. The van der Waals surface area contributed by atoms with E-state index in [1.165, 1.54) is 0 Å². The molecule has 0 spiro atoms. The van der Waals surface area contributed by atoms with E-state index in [9.17, 15) is 9.59 Å². The first-order chi connectivity index (χ1) is 5.66. The lowest BCUT2D eigenvalue weighted by Crippen LogP contribution is -2.11. The van der Waals surface area contributed by atoms with Gasteiger partial charge in [0, 0.05) is 18.1 Å². The molecule has 4 heteroatoms. The van der Waals surface area contributed by atoms with E-state index in [-0.39, 0.29) is 22.6 Å². The molecule has 1 rings (SSSR count). The van der Waals surface area contributed by atoms with E-state index >= 15 is 0 Å². The molecule has 0 bridgehead atoms. The Hall–Kier alpha value is -0.350. The van der Waals surface area contributed by atoms with E-state index in [1.54, 1.807) is 7.11 Å². The zero-order valence-corrected chi connectivity index (χ0v) is 8.27. The lowest BCUT2D eigenvalue weighted by Gasteiger charge is -2.16. The molecule has 0 amide bonds. The molecule has 1 aliphatic rings. The zero-order valence-electron chi connectivity index (χ0n) is 7.37. The molecular weight excluding hydrogens is 176 g/mol. The smallest absolute Gasteiger partial charge is 0.177 e. The molecule has 12 heavy (non-hydrogen) atoms. The first-order valence-corrected chi connectivity index (χ1v) is 5.57. The summed E-state index contributed by atoms with van der Waals surface area (Å²) in [4.78, 5) is 22.4. The van der Waals surface area contributed by atoms with Crippen LogP contribution in [0.25, 0.3) is 0 Å². The van der Waals surface area contributed by atoms with Crippen LogP contribution in [0, 0.1) is 0 Å². The normalized spacial score (nSPS) is 32.8. The molecule has 0 aromatic rings. The molecule has 1 saturated heterocycles. The van der Waals surface area contributed by atoms with Crippen molar-refractivity contribution in [2.24, 2.45) is 0 Å². The summed E-state index contributed by atoms with van der Waals surface area (Å²) in [6, 6.07) is 0. The van der Waals surface area contributed by atoms with Crippen molar-refractivity contribution in [3.63, 3.8) is 0 Å². The Kier molecular flexibility index (Phi) is 3.29. The number of hydrogen-bond acceptors (Lipinski definition) is 3. The summed E-state index contributed by atoms with van der Waals surface area (Å²) >= 11 is 0. The van der Waals surface area contributed by atoms with E-state index in [0.717, 1.165) is 5.75 Å². The second-order valence-corrected chi connectivity index (χ2v) is 5.56. The van der Waals surface area contributed by atoms with E-state index in [4.69, 9.17) is 4.74 Å². The van der Waals surface area contributed by atoms with Gasteiger partial charge in [0.25, 0.3) is 0 Å². The van der Waals surface area contributed by atoms with Gasteiger partial charge >= 0.3 is 0 Å². The first kappa shape index (κ1) is 9.74. The summed E-state index contributed by atoms with van der Waals surface area (Å²) in [6.45, 7) is 2.45. The van der Waals surface area contributed by atoms with Gasteiger partial charge < -0.3 is 4.74 Å². The first-order valence-electron chi connectivity index (χ1n) is 3.98. The Labute approximate surface area is 74.8 Å². The van der Waals surface area contributed by atoms with Crippen LogP contribution in [0.5, 0.6) is 0 Å². The quantitative estimate of drug-likeness (QED) is 0.521. The van der Waals surface area contributed by atoms with Crippen molar-refractivity contribution in [1.82, 2.24) is 0 Å². The van der Waals surface area contributed by atoms with Gasteiger partial charge in [-0.2, -0.15) is 10.9 Å². The fourth-order valence-electron chi connectivity index (χ4n) is 1.30. The summed E-state index contributed by atoms with van der Waals surface area (Å²) in [7, 11) is 0.887. The number of carbonyl (C=O) groups is 2. The maximum atomic E-state index is 11.3. The molecule has 70 valence electrons. The number of ketones is 1. The van der Waals surface area contributed by atoms with E-state index in [0.29, 0.717) is 6.61 Å². The number of rotatable bonds is 3. The van der Waals surface area contributed by atoms with Gasteiger partial charge in [-0.15, -0.1) is 0 Å². The Balaban J connectivity index is 2.51. The monoisotopic (exact) mass is 190 g/mol. The minimum absolute atomic E-state index is 0.0253. The summed E-state index contributed by atoms with van der Waals surface area (Å²) in [6.07, 6.45) is 0.163. The Bertz CT molecular complexity index is 202. The highest BCUT2D eigenvalue weighted by atomic mass is 32.2. The SMILES string of the molecule is COCC[SH]1C(=O)CC(=O)C1C. The number of hydrogen-bond donors (Lipinski definition) is 1. The van der Waals surface area contributed by atoms with Crippen LogP contribution in [0.4, 0.5) is 0 Å². The molecule has 1 fully saturated rings. The molecule has 0 aromatic heterocycles. The van der Waals surface area contributed by atoms with Crippen LogP contribution in [-0.2, 0) is 14.3 Å². The second kappa shape index (κ2) is 4.05. The van der Waals surface area contributed by atoms with E-state index in [1.807, 2.05) is 6.92 Å². The summed E-state index contributed by atoms with van der Waals surface area (Å²) in [5.74, 6) is 0.861. The predicted octanol–water partition coefficient (Wildman–Crippen LogP) is 0.522. The van der Waals surface area contributed by atoms with Crippen LogP contribution in [0.1, 0.15) is 13.3 Å². The zero-order chi connectivity index (χ0) is 9.14. The Morgan fingerprint density at radius 1 is 1.58 bits per heavy atom. The Morgan fingerprint density at radius 3 is 2.67 bits per heavy atom. The number of ether oxygens (including phenoxy) is 1. The maximum Gasteiger partial charge on any atom is 0.177 e. The number of Topliss-reactive ketones (excluding diaryl/α,β-unsaturated/α-hetero) is 1. The van der Waals surface area contributed by atoms with Crippen molar-refractivity contribution in [3.05, 3.63) is 0 Å². The van der Waals surface area contributed by atoms with Gasteiger partial charge in [0.1, 0.15) is 0 Å². The van der Waals surface area contributed by atoms with Crippen molar-refractivity contribution >= 4 is 21.8 Å². The Morgan fingerprint density at radius 2 is 2.25 bits per heavy atom. The van der Waals surface area contributed by atoms with Crippen LogP contribution in [0.2, 0.25) is 0 Å². The van der Waals surface area contributed by atoms with Gasteiger partial charge in [0.05, 0.1) is 13.0 Å². The molecule has 1 aliphatic heterocycles. The average molecular weight is 190 g/mol. The van der Waals surface area contributed by atoms with Crippen molar-refractivity contribution in [2.75, 3.05) is 19.5 Å². The molecule has 3 nitrogen and oxygen atoms in total. The molecule has 2 unspecified atom stereocenters. The maximum absolute atomic E-state index is 11.3. The molecule has 0 aromatic carbocycles. The van der Waals surface area contributed by atoms with Crippen molar-refractivity contribution < 1.29 is 14.3 Å². The van der Waals surface area contributed by atoms with Crippen molar-refractivity contribution in [1.29, 1.82) is 0 Å². The van der Waals surface area contributed by atoms with Gasteiger partial charge in [0.15, 0.2) is 10.9 Å². The van der Waals surface area contributed by atoms with Gasteiger partial charge in [-0.25, -0.2) is 0 Å². The number of methoxy groups -OCH3 is 1. The highest BCUT2D eigenvalue weighted by Gasteiger charge is 2.34. The molecule has 0 N–H and O–H groups in total. The second-order valence-electron chi connectivity index (χ2n) is 2.90. The van der Waals surface area contributed by atoms with E-state index in [2.05, 4.69) is 0 Å². The lowest BCUT2D eigenvalue weighted by molar-refractivity contribution is -0.121. The molecular formula is C8H14O3S. The molecule has 0 aliphatic carbocycles. The third-order valence-corrected chi connectivity index (χ3v) is 4.80. The summed E-state index contributed by atoms with van der Waals surface area (Å²) in [5.41, 5.74) is 0. The van der Waals surface area contributed by atoms with Crippen molar-refractivity contribution in [3.8, 4) is 0 Å². The van der Waals surface area contributed by atoms with Gasteiger partial charge in [0.2, 0.25) is 0 Å². The van der Waals surface area contributed by atoms with Crippen LogP contribution in [-0.4, -0.2) is 35.6 Å². The minimum Gasteiger partial charge on any atom is -0.384 e. The fraction of sp³-hybridized carbons (Fsp3) is 0.750. The fourth-order valence-corrected chi connectivity index (χ4v) is 3.54. The predicted molar refractivity (Wildman–Crippen MR) is 49.8 cm³/mol. The average Bonchev–Trinajstić information content (AvgIpc) is 2.25. The number of thiol groups is 1. The molecule has 0 saturated carbocycles. The minimum atomic E-state index is -0.726. The van der Waals surface area contributed by atoms with Crippen LogP contribution in [0.15, 0.2) is 0 Å². The molecule has 2 atom stereocenters. The highest BCUT2D eigenvalue weighted by Crippen LogP contribution is 2.40. The van der Waals surface area contributed by atoms with E-state index < -0.39 is 10.9 Å². The standard InChI is InChI=1S/C8H14O3S/c1-6-7(9)5-8(10)12(6)4-3-11-2/h6,12H,3-5H2,1-2H3. The summed E-state index contributed by atoms with van der Waals surface area (Å²) < 4.78 is 4.89. The lowest BCUT2D eigenvalue weighted by atomic mass is 10.2. The van der Waals surface area contributed by atoms with Crippen molar-refractivity contribution in [2.45, 2.75) is 18.6 Å². The molecule has 0 radical (unpaired) electrons. The summed E-state index contributed by atoms with van der Waals surface area (Å²) in [5, 5.41) is 0.127. The largest absolute Gasteiger partial charge is 0.384 e. The van der Waals surface area contributed by atoms with Crippen LogP contribution < -0.4 is 0 Å². The van der Waals surface area contributed by atoms with Gasteiger partial charge in [-0.1, -0.05) is 0 Å². The van der Waals surface area contributed by atoms with Crippen LogP contribution in [0.3, 0.4) is 0 Å². The van der Waals surface area contributed by atoms with Gasteiger partial charge in [-0.3, -0.25) is 9.59 Å². The highest BCUT2D eigenvalue weighted by molar-refractivity contribution is 8.31.